The molecule has 2 fully saturated rings. The molecule has 2 rings (SSSR count). The molecular formula is C13H27N3S. The van der Waals surface area contributed by atoms with Crippen LogP contribution in [0.5, 0.6) is 0 Å². The Kier molecular flexibility index (Phi) is 5.15. The van der Waals surface area contributed by atoms with Gasteiger partial charge in [0, 0.05) is 43.5 Å². The Bertz CT molecular complexity index is 237. The van der Waals surface area contributed by atoms with E-state index in [9.17, 15) is 0 Å². The fourth-order valence-corrected chi connectivity index (χ4v) is 3.97. The number of nitrogens with zero attached hydrogens (tertiary/aromatic N) is 2. The van der Waals surface area contributed by atoms with Crippen LogP contribution in [-0.2, 0) is 0 Å². The SMILES string of the molecule is CC1SCCCC1NCC1CN(C)CCN1C. The maximum atomic E-state index is 3.80. The van der Waals surface area contributed by atoms with Crippen LogP contribution in [-0.4, -0.2) is 73.2 Å². The predicted octanol–water partition coefficient (Wildman–Crippen LogP) is 1.11. The van der Waals surface area contributed by atoms with E-state index in [-0.39, 0.29) is 0 Å². The molecule has 4 heteroatoms. The minimum atomic E-state index is 0.688. The first kappa shape index (κ1) is 13.7. The molecule has 0 aliphatic carbocycles. The predicted molar refractivity (Wildman–Crippen MR) is 76.9 cm³/mol. The number of hydrogen-bond donors (Lipinski definition) is 1. The van der Waals surface area contributed by atoms with Gasteiger partial charge in [-0.1, -0.05) is 6.92 Å². The Hall–Kier alpha value is 0.230. The summed E-state index contributed by atoms with van der Waals surface area (Å²) in [5.41, 5.74) is 0. The summed E-state index contributed by atoms with van der Waals surface area (Å²) >= 11 is 2.13. The molecule has 0 spiro atoms. The van der Waals surface area contributed by atoms with E-state index in [0.717, 1.165) is 17.8 Å². The van der Waals surface area contributed by atoms with Crippen molar-refractivity contribution in [2.75, 3.05) is 46.0 Å². The average Bonchev–Trinajstić information content (AvgIpc) is 2.32. The first-order valence-corrected chi connectivity index (χ1v) is 7.95. The number of piperazine rings is 1. The standard InChI is InChI=1S/C13H27N3S/c1-11-13(5-4-8-17-11)14-9-12-10-15(2)6-7-16(12)3/h11-14H,4-10H2,1-3H3. The van der Waals surface area contributed by atoms with Gasteiger partial charge in [0.05, 0.1) is 0 Å². The topological polar surface area (TPSA) is 18.5 Å². The van der Waals surface area contributed by atoms with Crippen LogP contribution in [0.3, 0.4) is 0 Å². The molecule has 1 N–H and O–H groups in total. The second-order valence-corrected chi connectivity index (χ2v) is 7.11. The van der Waals surface area contributed by atoms with E-state index in [2.05, 4.69) is 47.9 Å². The largest absolute Gasteiger partial charge is 0.311 e. The monoisotopic (exact) mass is 257 g/mol. The molecular weight excluding hydrogens is 230 g/mol. The molecule has 0 aromatic rings. The van der Waals surface area contributed by atoms with Crippen molar-refractivity contribution in [3.05, 3.63) is 0 Å². The Balaban J connectivity index is 1.76. The third-order valence-corrected chi connectivity index (χ3v) is 5.58. The van der Waals surface area contributed by atoms with E-state index in [0.29, 0.717) is 6.04 Å². The van der Waals surface area contributed by atoms with Gasteiger partial charge in [0.25, 0.3) is 0 Å². The van der Waals surface area contributed by atoms with Gasteiger partial charge in [-0.3, -0.25) is 4.90 Å². The quantitative estimate of drug-likeness (QED) is 0.816. The number of likely N-dealkylation sites (N-methyl/N-ethyl adjacent to an activating group) is 2. The van der Waals surface area contributed by atoms with Crippen molar-refractivity contribution in [1.29, 1.82) is 0 Å². The summed E-state index contributed by atoms with van der Waals surface area (Å²) < 4.78 is 0. The lowest BCUT2D eigenvalue weighted by Gasteiger charge is -2.39. The Morgan fingerprint density at radius 1 is 1.29 bits per heavy atom. The molecule has 100 valence electrons. The summed E-state index contributed by atoms with van der Waals surface area (Å²) in [5, 5.41) is 4.59. The van der Waals surface area contributed by atoms with Crippen molar-refractivity contribution in [3.63, 3.8) is 0 Å². The van der Waals surface area contributed by atoms with Crippen LogP contribution in [0.15, 0.2) is 0 Å². The van der Waals surface area contributed by atoms with Gasteiger partial charge in [-0.05, 0) is 32.7 Å². The van der Waals surface area contributed by atoms with Crippen molar-refractivity contribution in [2.45, 2.75) is 37.1 Å². The van der Waals surface area contributed by atoms with Crippen LogP contribution in [0, 0.1) is 0 Å². The van der Waals surface area contributed by atoms with Crippen molar-refractivity contribution in [2.24, 2.45) is 0 Å². The number of nitrogens with one attached hydrogen (secondary N) is 1. The Labute approximate surface area is 110 Å². The molecule has 0 bridgehead atoms. The van der Waals surface area contributed by atoms with Gasteiger partial charge in [0.1, 0.15) is 0 Å². The molecule has 0 aromatic carbocycles. The molecule has 3 atom stereocenters. The number of thioether (sulfide) groups is 1. The van der Waals surface area contributed by atoms with Gasteiger partial charge in [-0.15, -0.1) is 0 Å². The first-order valence-electron chi connectivity index (χ1n) is 6.90. The molecule has 2 aliphatic rings. The van der Waals surface area contributed by atoms with Crippen molar-refractivity contribution in [3.8, 4) is 0 Å². The normalized spacial score (nSPS) is 37.2. The van der Waals surface area contributed by atoms with Gasteiger partial charge >= 0.3 is 0 Å². The zero-order valence-electron chi connectivity index (χ0n) is 11.5. The fourth-order valence-electron chi connectivity index (χ4n) is 2.80. The van der Waals surface area contributed by atoms with E-state index in [1.807, 2.05) is 0 Å². The van der Waals surface area contributed by atoms with Gasteiger partial charge in [-0.25, -0.2) is 0 Å². The molecule has 2 heterocycles. The first-order chi connectivity index (χ1) is 8.16. The average molecular weight is 257 g/mol. The van der Waals surface area contributed by atoms with Crippen molar-refractivity contribution < 1.29 is 0 Å². The van der Waals surface area contributed by atoms with Gasteiger partial charge in [0.15, 0.2) is 0 Å². The third-order valence-electron chi connectivity index (χ3n) is 4.20. The van der Waals surface area contributed by atoms with Gasteiger partial charge in [-0.2, -0.15) is 11.8 Å². The molecule has 3 unspecified atom stereocenters. The second kappa shape index (κ2) is 6.41. The Morgan fingerprint density at radius 2 is 2.12 bits per heavy atom. The van der Waals surface area contributed by atoms with E-state index in [1.54, 1.807) is 0 Å². The van der Waals surface area contributed by atoms with Crippen LogP contribution in [0.2, 0.25) is 0 Å². The summed E-state index contributed by atoms with van der Waals surface area (Å²) in [6, 6.07) is 1.42. The smallest absolute Gasteiger partial charge is 0.0345 e. The van der Waals surface area contributed by atoms with E-state index in [4.69, 9.17) is 0 Å². The van der Waals surface area contributed by atoms with Crippen LogP contribution >= 0.6 is 11.8 Å². The van der Waals surface area contributed by atoms with Crippen molar-refractivity contribution >= 4 is 11.8 Å². The maximum absolute atomic E-state index is 3.80. The van der Waals surface area contributed by atoms with Crippen molar-refractivity contribution in [1.82, 2.24) is 15.1 Å². The lowest BCUT2D eigenvalue weighted by molar-refractivity contribution is 0.111. The zero-order chi connectivity index (χ0) is 12.3. The number of hydrogen-bond acceptors (Lipinski definition) is 4. The Morgan fingerprint density at radius 3 is 2.88 bits per heavy atom. The van der Waals surface area contributed by atoms with Crippen LogP contribution in [0.1, 0.15) is 19.8 Å². The van der Waals surface area contributed by atoms with Crippen LogP contribution < -0.4 is 5.32 Å². The highest BCUT2D eigenvalue weighted by atomic mass is 32.2. The maximum Gasteiger partial charge on any atom is 0.0345 e. The molecule has 0 saturated carbocycles. The van der Waals surface area contributed by atoms with E-state index in [1.165, 1.54) is 38.2 Å². The lowest BCUT2D eigenvalue weighted by Crippen LogP contribution is -2.55. The summed E-state index contributed by atoms with van der Waals surface area (Å²) in [5.74, 6) is 1.35. The number of rotatable bonds is 3. The molecule has 0 amide bonds. The van der Waals surface area contributed by atoms with E-state index < -0.39 is 0 Å². The van der Waals surface area contributed by atoms with Crippen LogP contribution in [0.4, 0.5) is 0 Å². The van der Waals surface area contributed by atoms with Crippen LogP contribution in [0.25, 0.3) is 0 Å². The molecule has 2 saturated heterocycles. The molecule has 17 heavy (non-hydrogen) atoms. The lowest BCUT2D eigenvalue weighted by atomic mass is 10.1. The minimum absolute atomic E-state index is 0.688. The highest BCUT2D eigenvalue weighted by Crippen LogP contribution is 2.25. The molecule has 2 aliphatic heterocycles. The third kappa shape index (κ3) is 3.85. The highest BCUT2D eigenvalue weighted by molar-refractivity contribution is 7.99. The fraction of sp³-hybridized carbons (Fsp3) is 1.00. The molecule has 0 aromatic heterocycles. The van der Waals surface area contributed by atoms with Gasteiger partial charge < -0.3 is 10.2 Å². The summed E-state index contributed by atoms with van der Waals surface area (Å²) in [6.45, 7) is 7.15. The summed E-state index contributed by atoms with van der Waals surface area (Å²) in [6.07, 6.45) is 2.74. The molecule has 3 nitrogen and oxygen atoms in total. The molecule has 0 radical (unpaired) electrons. The highest BCUT2D eigenvalue weighted by Gasteiger charge is 2.25. The second-order valence-electron chi connectivity index (χ2n) is 5.63. The summed E-state index contributed by atoms with van der Waals surface area (Å²) in [7, 11) is 4.50. The zero-order valence-corrected chi connectivity index (χ0v) is 12.3. The van der Waals surface area contributed by atoms with E-state index >= 15 is 0 Å². The minimum Gasteiger partial charge on any atom is -0.311 e. The van der Waals surface area contributed by atoms with Gasteiger partial charge in [0.2, 0.25) is 0 Å². The summed E-state index contributed by atoms with van der Waals surface area (Å²) in [4.78, 5) is 4.96.